The van der Waals surface area contributed by atoms with E-state index >= 15 is 0 Å². The SMILES string of the molecule is CC1CN(C(=O)c2cccnc2)CCC1N.Cl.Cl. The molecule has 2 N–H and O–H groups in total. The van der Waals surface area contributed by atoms with Crippen LogP contribution < -0.4 is 5.73 Å². The Morgan fingerprint density at radius 2 is 2.22 bits per heavy atom. The summed E-state index contributed by atoms with van der Waals surface area (Å²) in [5, 5.41) is 0. The lowest BCUT2D eigenvalue weighted by molar-refractivity contribution is 0.0663. The zero-order valence-electron chi connectivity index (χ0n) is 10.3. The van der Waals surface area contributed by atoms with E-state index in [1.165, 1.54) is 0 Å². The van der Waals surface area contributed by atoms with Crippen LogP contribution in [0.4, 0.5) is 0 Å². The lowest BCUT2D eigenvalue weighted by Crippen LogP contribution is -2.48. The van der Waals surface area contributed by atoms with Crippen LogP contribution in [-0.2, 0) is 0 Å². The summed E-state index contributed by atoms with van der Waals surface area (Å²) >= 11 is 0. The smallest absolute Gasteiger partial charge is 0.255 e. The number of piperidine rings is 1. The van der Waals surface area contributed by atoms with Crippen molar-refractivity contribution in [2.75, 3.05) is 13.1 Å². The molecule has 0 aromatic carbocycles. The third-order valence-electron chi connectivity index (χ3n) is 3.17. The van der Waals surface area contributed by atoms with Gasteiger partial charge >= 0.3 is 0 Å². The standard InChI is InChI=1S/C12H17N3O.2ClH/c1-9-8-15(6-4-11(9)13)12(16)10-3-2-5-14-7-10;;/h2-3,5,7,9,11H,4,6,8,13H2,1H3;2*1H. The number of nitrogens with zero attached hydrogens (tertiary/aromatic N) is 2. The van der Waals surface area contributed by atoms with Gasteiger partial charge in [-0.1, -0.05) is 6.92 Å². The molecule has 1 aromatic rings. The molecule has 1 aliphatic heterocycles. The highest BCUT2D eigenvalue weighted by molar-refractivity contribution is 5.93. The van der Waals surface area contributed by atoms with Crippen LogP contribution in [0.25, 0.3) is 0 Å². The van der Waals surface area contributed by atoms with Gasteiger partial charge in [0, 0.05) is 31.5 Å². The Balaban J connectivity index is 0.00000144. The third kappa shape index (κ3) is 3.83. The van der Waals surface area contributed by atoms with Crippen LogP contribution >= 0.6 is 24.8 Å². The third-order valence-corrected chi connectivity index (χ3v) is 3.17. The molecular formula is C12H19Cl2N3O. The first-order valence-corrected chi connectivity index (χ1v) is 5.63. The van der Waals surface area contributed by atoms with Gasteiger partial charge < -0.3 is 10.6 Å². The lowest BCUT2D eigenvalue weighted by Gasteiger charge is -2.35. The first-order valence-electron chi connectivity index (χ1n) is 5.63. The van der Waals surface area contributed by atoms with Crippen LogP contribution in [0.3, 0.4) is 0 Å². The molecule has 1 aromatic heterocycles. The second kappa shape index (κ2) is 7.56. The average molecular weight is 292 g/mol. The van der Waals surface area contributed by atoms with Crippen LogP contribution in [0.1, 0.15) is 23.7 Å². The van der Waals surface area contributed by atoms with Crippen molar-refractivity contribution in [3.63, 3.8) is 0 Å². The summed E-state index contributed by atoms with van der Waals surface area (Å²) < 4.78 is 0. The Morgan fingerprint density at radius 1 is 1.50 bits per heavy atom. The quantitative estimate of drug-likeness (QED) is 0.857. The van der Waals surface area contributed by atoms with Crippen molar-refractivity contribution < 1.29 is 4.79 Å². The van der Waals surface area contributed by atoms with Gasteiger partial charge in [-0.3, -0.25) is 9.78 Å². The predicted octanol–water partition coefficient (Wildman–Crippen LogP) is 1.73. The van der Waals surface area contributed by atoms with Gasteiger partial charge in [0.15, 0.2) is 0 Å². The molecule has 2 rings (SSSR count). The molecule has 6 heteroatoms. The minimum absolute atomic E-state index is 0. The lowest BCUT2D eigenvalue weighted by atomic mass is 9.94. The fourth-order valence-corrected chi connectivity index (χ4v) is 2.02. The largest absolute Gasteiger partial charge is 0.338 e. The molecule has 0 radical (unpaired) electrons. The molecule has 0 bridgehead atoms. The van der Waals surface area contributed by atoms with E-state index in [2.05, 4.69) is 11.9 Å². The van der Waals surface area contributed by atoms with E-state index < -0.39 is 0 Å². The van der Waals surface area contributed by atoms with E-state index in [0.717, 1.165) is 19.5 Å². The van der Waals surface area contributed by atoms with Crippen molar-refractivity contribution in [3.8, 4) is 0 Å². The molecule has 4 nitrogen and oxygen atoms in total. The average Bonchev–Trinajstić information content (AvgIpc) is 2.33. The maximum atomic E-state index is 12.1. The van der Waals surface area contributed by atoms with E-state index in [9.17, 15) is 4.79 Å². The summed E-state index contributed by atoms with van der Waals surface area (Å²) in [6.07, 6.45) is 4.17. The Hall–Kier alpha value is -0.840. The number of pyridine rings is 1. The second-order valence-corrected chi connectivity index (χ2v) is 4.42. The number of amides is 1. The van der Waals surface area contributed by atoms with Gasteiger partial charge in [-0.15, -0.1) is 24.8 Å². The Kier molecular flexibility index (Phi) is 7.21. The summed E-state index contributed by atoms with van der Waals surface area (Å²) in [5.41, 5.74) is 6.59. The Labute approximate surface area is 120 Å². The van der Waals surface area contributed by atoms with Crippen molar-refractivity contribution in [2.24, 2.45) is 11.7 Å². The van der Waals surface area contributed by atoms with E-state index in [1.54, 1.807) is 24.5 Å². The minimum atomic E-state index is 0. The van der Waals surface area contributed by atoms with Crippen molar-refractivity contribution in [1.29, 1.82) is 0 Å². The first-order chi connectivity index (χ1) is 7.68. The fraction of sp³-hybridized carbons (Fsp3) is 0.500. The molecule has 18 heavy (non-hydrogen) atoms. The first kappa shape index (κ1) is 17.2. The van der Waals surface area contributed by atoms with Crippen LogP contribution in [0.15, 0.2) is 24.5 Å². The molecule has 2 unspecified atom stereocenters. The molecule has 0 aliphatic carbocycles. The van der Waals surface area contributed by atoms with Gasteiger partial charge in [0.05, 0.1) is 5.56 Å². The van der Waals surface area contributed by atoms with Gasteiger partial charge in [-0.2, -0.15) is 0 Å². The monoisotopic (exact) mass is 291 g/mol. The number of halogens is 2. The Bertz CT molecular complexity index is 375. The van der Waals surface area contributed by atoms with Gasteiger partial charge in [0.25, 0.3) is 5.91 Å². The van der Waals surface area contributed by atoms with Gasteiger partial charge in [0.1, 0.15) is 0 Å². The minimum Gasteiger partial charge on any atom is -0.338 e. The van der Waals surface area contributed by atoms with Crippen molar-refractivity contribution in [2.45, 2.75) is 19.4 Å². The van der Waals surface area contributed by atoms with Crippen LogP contribution in [0.2, 0.25) is 0 Å². The molecule has 2 heterocycles. The molecule has 102 valence electrons. The molecule has 1 aliphatic rings. The normalized spacial score (nSPS) is 22.7. The molecule has 1 fully saturated rings. The van der Waals surface area contributed by atoms with Crippen molar-refractivity contribution >= 4 is 30.7 Å². The van der Waals surface area contributed by atoms with E-state index in [1.807, 2.05) is 4.90 Å². The topological polar surface area (TPSA) is 59.2 Å². The second-order valence-electron chi connectivity index (χ2n) is 4.42. The van der Waals surface area contributed by atoms with Crippen molar-refractivity contribution in [1.82, 2.24) is 9.88 Å². The molecule has 0 spiro atoms. The van der Waals surface area contributed by atoms with E-state index in [4.69, 9.17) is 5.73 Å². The highest BCUT2D eigenvalue weighted by Crippen LogP contribution is 2.16. The summed E-state index contributed by atoms with van der Waals surface area (Å²) in [7, 11) is 0. The Morgan fingerprint density at radius 3 is 2.78 bits per heavy atom. The van der Waals surface area contributed by atoms with Crippen LogP contribution in [0, 0.1) is 5.92 Å². The molecular weight excluding hydrogens is 273 g/mol. The summed E-state index contributed by atoms with van der Waals surface area (Å²) in [5.74, 6) is 0.432. The number of likely N-dealkylation sites (tertiary alicyclic amines) is 1. The molecule has 1 saturated heterocycles. The number of hydrogen-bond donors (Lipinski definition) is 1. The maximum Gasteiger partial charge on any atom is 0.255 e. The summed E-state index contributed by atoms with van der Waals surface area (Å²) in [6, 6.07) is 3.80. The fourth-order valence-electron chi connectivity index (χ4n) is 2.02. The number of carbonyl (C=O) groups is 1. The van der Waals surface area contributed by atoms with Crippen LogP contribution in [-0.4, -0.2) is 34.9 Å². The number of nitrogens with two attached hydrogens (primary N) is 1. The van der Waals surface area contributed by atoms with Gasteiger partial charge in [-0.25, -0.2) is 0 Å². The van der Waals surface area contributed by atoms with Crippen molar-refractivity contribution in [3.05, 3.63) is 30.1 Å². The number of carbonyl (C=O) groups excluding carboxylic acids is 1. The predicted molar refractivity (Wildman–Crippen MR) is 76.4 cm³/mol. The van der Waals surface area contributed by atoms with E-state index in [0.29, 0.717) is 11.5 Å². The molecule has 0 saturated carbocycles. The zero-order chi connectivity index (χ0) is 11.5. The van der Waals surface area contributed by atoms with E-state index in [-0.39, 0.29) is 36.8 Å². The maximum absolute atomic E-state index is 12.1. The van der Waals surface area contributed by atoms with Crippen LogP contribution in [0.5, 0.6) is 0 Å². The zero-order valence-corrected chi connectivity index (χ0v) is 11.9. The number of hydrogen-bond acceptors (Lipinski definition) is 3. The highest BCUT2D eigenvalue weighted by Gasteiger charge is 2.26. The summed E-state index contributed by atoms with van der Waals surface area (Å²) in [6.45, 7) is 3.58. The number of aromatic nitrogens is 1. The number of rotatable bonds is 1. The summed E-state index contributed by atoms with van der Waals surface area (Å²) in [4.78, 5) is 17.9. The van der Waals surface area contributed by atoms with Gasteiger partial charge in [-0.05, 0) is 24.5 Å². The molecule has 2 atom stereocenters. The highest BCUT2D eigenvalue weighted by atomic mass is 35.5. The molecule has 1 amide bonds. The van der Waals surface area contributed by atoms with Gasteiger partial charge in [0.2, 0.25) is 0 Å².